The average Bonchev–Trinajstić information content (AvgIpc) is 3.70. The number of ether oxygens (including phenoxy) is 2. The Hall–Kier alpha value is -4.57. The fourth-order valence-corrected chi connectivity index (χ4v) is 9.30. The van der Waals surface area contributed by atoms with Gasteiger partial charge in [-0.1, -0.05) is 18.9 Å². The predicted molar refractivity (Wildman–Crippen MR) is 201 cm³/mol. The minimum atomic E-state index is -0.653. The van der Waals surface area contributed by atoms with Gasteiger partial charge in [0.05, 0.1) is 17.6 Å². The number of aromatic nitrogens is 4. The van der Waals surface area contributed by atoms with E-state index in [9.17, 15) is 5.11 Å². The Morgan fingerprint density at radius 3 is 2.49 bits per heavy atom. The van der Waals surface area contributed by atoms with Gasteiger partial charge in [0.25, 0.3) is 0 Å². The Labute approximate surface area is 307 Å². The van der Waals surface area contributed by atoms with Gasteiger partial charge >= 0.3 is 6.01 Å². The normalized spacial score (nSPS) is 21.5. The van der Waals surface area contributed by atoms with Crippen molar-refractivity contribution in [3.63, 3.8) is 0 Å². The highest BCUT2D eigenvalue weighted by molar-refractivity contribution is 6.18. The number of hydrogen-bond acceptors (Lipinski definition) is 9. The van der Waals surface area contributed by atoms with E-state index >= 15 is 8.78 Å². The number of fused-ring (bicyclic) bond motifs is 6. The quantitative estimate of drug-likeness (QED) is 0.128. The van der Waals surface area contributed by atoms with Crippen LogP contribution in [0.1, 0.15) is 44.6 Å². The molecule has 9 rings (SSSR count). The highest BCUT2D eigenvalue weighted by Gasteiger charge is 2.47. The standard InChI is InChI=1S/C41H45F2N7O3/c1-5-29-32(42)10-7-25-15-28(51)16-30(33(25)29)34-36(43)38-35(31-21-47(3)46-37(31)34)39(50-26-8-9-27(50)20-48(19-26)13-6-14-52-4)45-40(44-38)53-23-41(11-12-41)22-49-17-24(2)18-49/h1,7,10,15-16,21,24,26-27,51H,6,8-9,11-14,17-20,22-23H2,2-4H3/t26-,27+. The zero-order chi connectivity index (χ0) is 36.6. The predicted octanol–water partition coefficient (Wildman–Crippen LogP) is 6.10. The van der Waals surface area contributed by atoms with Crippen LogP contribution in [-0.4, -0.2) is 106 Å². The molecule has 5 aromatic rings. The van der Waals surface area contributed by atoms with Crippen molar-refractivity contribution in [3.05, 3.63) is 47.7 Å². The minimum Gasteiger partial charge on any atom is -0.508 e. The Kier molecular flexibility index (Phi) is 8.44. The Bertz CT molecular complexity index is 2280. The molecule has 1 N–H and O–H groups in total. The van der Waals surface area contributed by atoms with Gasteiger partial charge in [0.15, 0.2) is 5.82 Å². The second-order valence-electron chi connectivity index (χ2n) is 16.0. The maximum absolute atomic E-state index is 17.7. The van der Waals surface area contributed by atoms with Crippen LogP contribution in [0.4, 0.5) is 14.6 Å². The molecule has 0 spiro atoms. The molecule has 4 aliphatic rings. The van der Waals surface area contributed by atoms with Crippen molar-refractivity contribution in [2.24, 2.45) is 18.4 Å². The van der Waals surface area contributed by atoms with Gasteiger partial charge in [-0.2, -0.15) is 15.1 Å². The summed E-state index contributed by atoms with van der Waals surface area (Å²) in [5, 5.41) is 17.7. The first-order valence-electron chi connectivity index (χ1n) is 18.8. The van der Waals surface area contributed by atoms with E-state index < -0.39 is 11.6 Å². The molecule has 1 aliphatic carbocycles. The monoisotopic (exact) mass is 721 g/mol. The number of likely N-dealkylation sites (tertiary alicyclic amines) is 2. The summed E-state index contributed by atoms with van der Waals surface area (Å²) >= 11 is 0. The summed E-state index contributed by atoms with van der Waals surface area (Å²) in [4.78, 5) is 17.3. The van der Waals surface area contributed by atoms with E-state index in [4.69, 9.17) is 31.0 Å². The van der Waals surface area contributed by atoms with E-state index in [0.29, 0.717) is 45.4 Å². The lowest BCUT2D eigenvalue weighted by Gasteiger charge is -2.42. The molecule has 12 heteroatoms. The molecule has 0 amide bonds. The molecule has 2 bridgehead atoms. The summed E-state index contributed by atoms with van der Waals surface area (Å²) < 4.78 is 46.4. The smallest absolute Gasteiger partial charge is 0.319 e. The molecule has 3 aliphatic heterocycles. The third-order valence-electron chi connectivity index (χ3n) is 11.9. The molecule has 53 heavy (non-hydrogen) atoms. The number of rotatable bonds is 11. The Balaban J connectivity index is 1.22. The van der Waals surface area contributed by atoms with Crippen molar-refractivity contribution in [1.82, 2.24) is 29.5 Å². The summed E-state index contributed by atoms with van der Waals surface area (Å²) in [7, 11) is 3.52. The van der Waals surface area contributed by atoms with Gasteiger partial charge in [-0.15, -0.1) is 6.42 Å². The second kappa shape index (κ2) is 13.1. The lowest BCUT2D eigenvalue weighted by atomic mass is 9.91. The van der Waals surface area contributed by atoms with Crippen molar-refractivity contribution < 1.29 is 23.4 Å². The van der Waals surface area contributed by atoms with Crippen molar-refractivity contribution in [2.45, 2.75) is 51.1 Å². The van der Waals surface area contributed by atoms with Crippen LogP contribution in [0.15, 0.2) is 30.5 Å². The molecular weight excluding hydrogens is 676 g/mol. The number of hydrogen-bond donors (Lipinski definition) is 1. The van der Waals surface area contributed by atoms with E-state index in [1.807, 2.05) is 6.20 Å². The number of phenolic OH excluding ortho intramolecular Hbond substituents is 1. The van der Waals surface area contributed by atoms with E-state index in [0.717, 1.165) is 78.0 Å². The van der Waals surface area contributed by atoms with Gasteiger partial charge in [-0.25, -0.2) is 8.78 Å². The topological polar surface area (TPSA) is 92.0 Å². The number of methoxy groups -OCH3 is 1. The van der Waals surface area contributed by atoms with Crippen LogP contribution < -0.4 is 9.64 Å². The lowest BCUT2D eigenvalue weighted by Crippen LogP contribution is -2.54. The van der Waals surface area contributed by atoms with Crippen LogP contribution >= 0.6 is 0 Å². The fourth-order valence-electron chi connectivity index (χ4n) is 9.30. The maximum Gasteiger partial charge on any atom is 0.319 e. The molecule has 3 saturated heterocycles. The highest BCUT2D eigenvalue weighted by Crippen LogP contribution is 2.49. The number of anilines is 1. The van der Waals surface area contributed by atoms with Crippen molar-refractivity contribution in [3.8, 4) is 35.2 Å². The largest absolute Gasteiger partial charge is 0.508 e. The zero-order valence-electron chi connectivity index (χ0n) is 30.5. The molecule has 3 aromatic carbocycles. The molecule has 10 nitrogen and oxygen atoms in total. The second-order valence-corrected chi connectivity index (χ2v) is 16.0. The van der Waals surface area contributed by atoms with Gasteiger partial charge < -0.3 is 24.4 Å². The summed E-state index contributed by atoms with van der Waals surface area (Å²) in [5.41, 5.74) is 0.797. The van der Waals surface area contributed by atoms with Crippen molar-refractivity contribution in [2.75, 3.05) is 64.5 Å². The molecule has 276 valence electrons. The molecule has 0 radical (unpaired) electrons. The number of nitrogens with zero attached hydrogens (tertiary/aromatic N) is 7. The molecular formula is C41H45F2N7O3. The van der Waals surface area contributed by atoms with Crippen LogP contribution in [0.5, 0.6) is 11.8 Å². The lowest BCUT2D eigenvalue weighted by molar-refractivity contribution is 0.0688. The van der Waals surface area contributed by atoms with Crippen LogP contribution in [-0.2, 0) is 11.8 Å². The van der Waals surface area contributed by atoms with Gasteiger partial charge in [-0.3, -0.25) is 9.58 Å². The van der Waals surface area contributed by atoms with E-state index in [-0.39, 0.29) is 51.5 Å². The number of aromatic hydroxyl groups is 1. The number of piperazine rings is 1. The summed E-state index contributed by atoms with van der Waals surface area (Å²) in [6.07, 6.45) is 12.8. The molecule has 2 aromatic heterocycles. The fraction of sp³-hybridized carbons (Fsp3) is 0.488. The first-order chi connectivity index (χ1) is 25.6. The van der Waals surface area contributed by atoms with Gasteiger partial charge in [0.1, 0.15) is 28.4 Å². The first-order valence-corrected chi connectivity index (χ1v) is 18.8. The van der Waals surface area contributed by atoms with Crippen LogP contribution in [0, 0.1) is 35.3 Å². The number of halogens is 2. The van der Waals surface area contributed by atoms with Crippen LogP contribution in [0.25, 0.3) is 43.7 Å². The number of aryl methyl sites for hydroxylation is 1. The summed E-state index contributed by atoms with van der Waals surface area (Å²) in [6.45, 7) is 9.30. The number of benzene rings is 3. The molecule has 5 heterocycles. The molecule has 2 atom stereocenters. The zero-order valence-corrected chi connectivity index (χ0v) is 30.5. The average molecular weight is 722 g/mol. The van der Waals surface area contributed by atoms with Gasteiger partial charge in [0.2, 0.25) is 0 Å². The van der Waals surface area contributed by atoms with E-state index in [2.05, 4.69) is 27.5 Å². The van der Waals surface area contributed by atoms with Crippen LogP contribution in [0.2, 0.25) is 0 Å². The van der Waals surface area contributed by atoms with Crippen LogP contribution in [0.3, 0.4) is 0 Å². The molecule has 0 unspecified atom stereocenters. The summed E-state index contributed by atoms with van der Waals surface area (Å²) in [6, 6.07) is 6.22. The highest BCUT2D eigenvalue weighted by atomic mass is 19.1. The third kappa shape index (κ3) is 5.93. The summed E-state index contributed by atoms with van der Waals surface area (Å²) in [5.74, 6) is 2.46. The van der Waals surface area contributed by atoms with Crippen molar-refractivity contribution >= 4 is 38.4 Å². The van der Waals surface area contributed by atoms with E-state index in [1.54, 1.807) is 18.8 Å². The van der Waals surface area contributed by atoms with Gasteiger partial charge in [-0.05, 0) is 67.2 Å². The maximum atomic E-state index is 17.7. The third-order valence-corrected chi connectivity index (χ3v) is 11.9. The Morgan fingerprint density at radius 2 is 1.79 bits per heavy atom. The Morgan fingerprint density at radius 1 is 1.02 bits per heavy atom. The van der Waals surface area contributed by atoms with Gasteiger partial charge in [0, 0.05) is 100 Å². The number of phenols is 1. The minimum absolute atomic E-state index is 0.0141. The number of terminal acetylenes is 1. The first kappa shape index (κ1) is 34.2. The molecule has 1 saturated carbocycles. The molecule has 4 fully saturated rings. The SMILES string of the molecule is C#Cc1c(F)ccc2cc(O)cc(-c3c(F)c4nc(OCC5(CN6CC(C)C6)CC5)nc(N5[C@@H]6CC[C@H]5CN(CCCOC)C6)c4c4cn(C)nc34)c12. The van der Waals surface area contributed by atoms with Crippen molar-refractivity contribution in [1.29, 1.82) is 0 Å². The van der Waals surface area contributed by atoms with E-state index in [1.165, 1.54) is 24.3 Å².